The molecular formula is C21H23N3O2. The molecule has 1 fully saturated rings. The molecule has 0 saturated carbocycles. The van der Waals surface area contributed by atoms with Crippen LogP contribution in [0.25, 0.3) is 11.0 Å². The monoisotopic (exact) mass is 349 g/mol. The Bertz CT molecular complexity index is 930. The Morgan fingerprint density at radius 1 is 1.15 bits per heavy atom. The number of para-hydroxylation sites is 2. The highest BCUT2D eigenvalue weighted by Crippen LogP contribution is 2.31. The van der Waals surface area contributed by atoms with Crippen molar-refractivity contribution in [2.24, 2.45) is 0 Å². The highest BCUT2D eigenvalue weighted by molar-refractivity contribution is 5.81. The van der Waals surface area contributed by atoms with Gasteiger partial charge in [0.2, 0.25) is 5.91 Å². The summed E-state index contributed by atoms with van der Waals surface area (Å²) in [7, 11) is 1.66. The van der Waals surface area contributed by atoms with Crippen molar-refractivity contribution in [3.05, 3.63) is 59.9 Å². The van der Waals surface area contributed by atoms with E-state index < -0.39 is 0 Å². The molecule has 1 aromatic heterocycles. The molecule has 2 heterocycles. The topological polar surface area (TPSA) is 47.4 Å². The van der Waals surface area contributed by atoms with Crippen molar-refractivity contribution in [2.75, 3.05) is 13.7 Å². The third-order valence-corrected chi connectivity index (χ3v) is 5.11. The molecule has 3 aromatic rings. The predicted octanol–water partition coefficient (Wildman–Crippen LogP) is 3.58. The van der Waals surface area contributed by atoms with Crippen molar-refractivity contribution < 1.29 is 9.53 Å². The first kappa shape index (κ1) is 16.6. The van der Waals surface area contributed by atoms with Gasteiger partial charge in [-0.1, -0.05) is 24.3 Å². The molecule has 4 rings (SSSR count). The molecule has 5 heteroatoms. The molecule has 134 valence electrons. The number of amides is 1. The van der Waals surface area contributed by atoms with Crippen molar-refractivity contribution in [3.8, 4) is 5.75 Å². The van der Waals surface area contributed by atoms with Gasteiger partial charge in [0, 0.05) is 32.0 Å². The Morgan fingerprint density at radius 2 is 1.92 bits per heavy atom. The summed E-state index contributed by atoms with van der Waals surface area (Å²) in [6.45, 7) is 4.34. The van der Waals surface area contributed by atoms with Crippen LogP contribution in [-0.2, 0) is 17.9 Å². The Hall–Kier alpha value is -2.82. The number of carbonyl (C=O) groups is 1. The summed E-state index contributed by atoms with van der Waals surface area (Å²) in [6, 6.07) is 16.1. The summed E-state index contributed by atoms with van der Waals surface area (Å²) in [6.07, 6.45) is 0.527. The van der Waals surface area contributed by atoms with Crippen molar-refractivity contribution in [1.82, 2.24) is 14.5 Å². The number of ether oxygens (including phenoxy) is 1. The minimum absolute atomic E-state index is 0.146. The second-order valence-electron chi connectivity index (χ2n) is 6.73. The van der Waals surface area contributed by atoms with Gasteiger partial charge in [-0.25, -0.2) is 4.98 Å². The molecule has 0 radical (unpaired) electrons. The van der Waals surface area contributed by atoms with Crippen LogP contribution in [0.1, 0.15) is 30.7 Å². The van der Waals surface area contributed by atoms with E-state index in [9.17, 15) is 4.79 Å². The van der Waals surface area contributed by atoms with Crippen LogP contribution in [0.2, 0.25) is 0 Å². The Morgan fingerprint density at radius 3 is 2.65 bits per heavy atom. The fraction of sp³-hybridized carbons (Fsp3) is 0.333. The van der Waals surface area contributed by atoms with E-state index in [1.54, 1.807) is 7.11 Å². The quantitative estimate of drug-likeness (QED) is 0.707. The molecule has 1 aliphatic heterocycles. The second-order valence-corrected chi connectivity index (χ2v) is 6.73. The lowest BCUT2D eigenvalue weighted by Gasteiger charge is -2.17. The van der Waals surface area contributed by atoms with Crippen LogP contribution in [-0.4, -0.2) is 34.0 Å². The molecule has 1 atom stereocenters. The van der Waals surface area contributed by atoms with Gasteiger partial charge in [0.25, 0.3) is 0 Å². The maximum absolute atomic E-state index is 12.6. The highest BCUT2D eigenvalue weighted by atomic mass is 16.5. The second kappa shape index (κ2) is 6.83. The molecule has 0 N–H and O–H groups in total. The first-order valence-corrected chi connectivity index (χ1v) is 9.05. The molecule has 1 aliphatic rings. The van der Waals surface area contributed by atoms with E-state index in [4.69, 9.17) is 9.72 Å². The number of hydrogen-bond acceptors (Lipinski definition) is 3. The zero-order chi connectivity index (χ0) is 18.1. The zero-order valence-corrected chi connectivity index (χ0v) is 15.2. The molecule has 1 saturated heterocycles. The predicted molar refractivity (Wildman–Crippen MR) is 101 cm³/mol. The molecule has 5 nitrogen and oxygen atoms in total. The highest BCUT2D eigenvalue weighted by Gasteiger charge is 2.33. The van der Waals surface area contributed by atoms with E-state index >= 15 is 0 Å². The third kappa shape index (κ3) is 2.94. The Labute approximate surface area is 153 Å². The maximum Gasteiger partial charge on any atom is 0.223 e. The number of carbonyl (C=O) groups excluding carboxylic acids is 1. The summed E-state index contributed by atoms with van der Waals surface area (Å²) < 4.78 is 7.44. The van der Waals surface area contributed by atoms with E-state index in [-0.39, 0.29) is 11.8 Å². The molecule has 0 unspecified atom stereocenters. The van der Waals surface area contributed by atoms with Crippen molar-refractivity contribution in [3.63, 3.8) is 0 Å². The summed E-state index contributed by atoms with van der Waals surface area (Å²) >= 11 is 0. The van der Waals surface area contributed by atoms with Crippen LogP contribution in [0.3, 0.4) is 0 Å². The number of imidazole rings is 1. The Kier molecular flexibility index (Phi) is 4.37. The maximum atomic E-state index is 12.6. The average Bonchev–Trinajstić information content (AvgIpc) is 3.22. The van der Waals surface area contributed by atoms with Gasteiger partial charge in [-0.15, -0.1) is 0 Å². The number of aromatic nitrogens is 2. The number of nitrogens with zero attached hydrogens (tertiary/aromatic N) is 3. The minimum atomic E-state index is 0.146. The van der Waals surface area contributed by atoms with Gasteiger partial charge < -0.3 is 14.2 Å². The fourth-order valence-corrected chi connectivity index (χ4v) is 3.79. The molecule has 1 amide bonds. The van der Waals surface area contributed by atoms with Crippen LogP contribution in [0.4, 0.5) is 0 Å². The van der Waals surface area contributed by atoms with Gasteiger partial charge in [0.05, 0.1) is 18.1 Å². The molecular weight excluding hydrogens is 326 g/mol. The molecule has 0 aliphatic carbocycles. The number of benzene rings is 2. The largest absolute Gasteiger partial charge is 0.497 e. The lowest BCUT2D eigenvalue weighted by molar-refractivity contribution is -0.128. The van der Waals surface area contributed by atoms with Gasteiger partial charge in [0.1, 0.15) is 11.6 Å². The van der Waals surface area contributed by atoms with Crippen LogP contribution < -0.4 is 4.74 Å². The van der Waals surface area contributed by atoms with Gasteiger partial charge >= 0.3 is 0 Å². The smallest absolute Gasteiger partial charge is 0.223 e. The van der Waals surface area contributed by atoms with Crippen LogP contribution in [0, 0.1) is 0 Å². The van der Waals surface area contributed by atoms with Crippen LogP contribution in [0.15, 0.2) is 48.5 Å². The normalized spacial score (nSPS) is 17.2. The number of hydrogen-bond donors (Lipinski definition) is 0. The van der Waals surface area contributed by atoms with Gasteiger partial charge in [-0.3, -0.25) is 4.79 Å². The van der Waals surface area contributed by atoms with E-state index in [2.05, 4.69) is 17.6 Å². The van der Waals surface area contributed by atoms with Crippen molar-refractivity contribution >= 4 is 16.9 Å². The van der Waals surface area contributed by atoms with E-state index in [0.717, 1.165) is 34.7 Å². The first-order chi connectivity index (χ1) is 12.7. The zero-order valence-electron chi connectivity index (χ0n) is 15.2. The van der Waals surface area contributed by atoms with E-state index in [0.29, 0.717) is 19.5 Å². The summed E-state index contributed by atoms with van der Waals surface area (Å²) in [4.78, 5) is 19.3. The molecule has 2 aromatic carbocycles. The fourth-order valence-electron chi connectivity index (χ4n) is 3.79. The minimum Gasteiger partial charge on any atom is -0.497 e. The average molecular weight is 349 g/mol. The summed E-state index contributed by atoms with van der Waals surface area (Å²) in [5.74, 6) is 2.20. The summed E-state index contributed by atoms with van der Waals surface area (Å²) in [5, 5.41) is 0. The number of rotatable bonds is 5. The van der Waals surface area contributed by atoms with Gasteiger partial charge in [-0.2, -0.15) is 0 Å². The van der Waals surface area contributed by atoms with Crippen molar-refractivity contribution in [2.45, 2.75) is 32.4 Å². The van der Waals surface area contributed by atoms with Crippen LogP contribution in [0.5, 0.6) is 5.75 Å². The van der Waals surface area contributed by atoms with Crippen molar-refractivity contribution in [1.29, 1.82) is 0 Å². The SMILES string of the molecule is CCn1c([C@@H]2CC(=O)N(Cc3ccc(OC)cc3)C2)nc2ccccc21. The standard InChI is InChI=1S/C21H23N3O2/c1-3-24-19-7-5-4-6-18(19)22-21(24)16-12-20(25)23(14-16)13-15-8-10-17(26-2)11-9-15/h4-11,16H,3,12-14H2,1-2H3/t16-/m1/s1. The lowest BCUT2D eigenvalue weighted by atomic mass is 10.1. The van der Waals surface area contributed by atoms with Crippen LogP contribution >= 0.6 is 0 Å². The van der Waals surface area contributed by atoms with E-state index in [1.807, 2.05) is 47.4 Å². The number of aryl methyl sites for hydroxylation is 1. The number of methoxy groups -OCH3 is 1. The number of likely N-dealkylation sites (tertiary alicyclic amines) is 1. The molecule has 0 bridgehead atoms. The summed E-state index contributed by atoms with van der Waals surface area (Å²) in [5.41, 5.74) is 3.26. The third-order valence-electron chi connectivity index (χ3n) is 5.11. The molecule has 0 spiro atoms. The first-order valence-electron chi connectivity index (χ1n) is 9.05. The Balaban J connectivity index is 1.56. The van der Waals surface area contributed by atoms with Gasteiger partial charge in [0.15, 0.2) is 0 Å². The van der Waals surface area contributed by atoms with Gasteiger partial charge in [-0.05, 0) is 36.8 Å². The number of fused-ring (bicyclic) bond motifs is 1. The lowest BCUT2D eigenvalue weighted by Crippen LogP contribution is -2.24. The van der Waals surface area contributed by atoms with E-state index in [1.165, 1.54) is 0 Å². The molecule has 26 heavy (non-hydrogen) atoms.